The topological polar surface area (TPSA) is 62.3 Å². The van der Waals surface area contributed by atoms with Gasteiger partial charge in [-0.1, -0.05) is 6.07 Å². The van der Waals surface area contributed by atoms with Gasteiger partial charge in [-0.05, 0) is 49.3 Å². The van der Waals surface area contributed by atoms with Gasteiger partial charge >= 0.3 is 0 Å². The van der Waals surface area contributed by atoms with Crippen LogP contribution in [0.1, 0.15) is 23.2 Å². The highest BCUT2D eigenvalue weighted by Gasteiger charge is 2.26. The molecule has 10 heteroatoms. The van der Waals surface area contributed by atoms with E-state index >= 15 is 0 Å². The smallest absolute Gasteiger partial charge is 0.189 e. The first-order valence-corrected chi connectivity index (χ1v) is 12.2. The Bertz CT molecular complexity index is 1160. The van der Waals surface area contributed by atoms with Crippen molar-refractivity contribution in [1.29, 1.82) is 0 Å². The van der Waals surface area contributed by atoms with Crippen LogP contribution in [-0.2, 0) is 28.7 Å². The summed E-state index contributed by atoms with van der Waals surface area (Å²) in [4.78, 5) is 5.10. The summed E-state index contributed by atoms with van der Waals surface area (Å²) in [5, 5.41) is 4.28. The van der Waals surface area contributed by atoms with Gasteiger partial charge in [-0.3, -0.25) is 4.90 Å². The molecule has 164 valence electrons. The minimum Gasteiger partial charge on any atom is -0.381 e. The van der Waals surface area contributed by atoms with E-state index in [0.29, 0.717) is 5.56 Å². The molecule has 1 aliphatic heterocycles. The van der Waals surface area contributed by atoms with E-state index in [1.165, 1.54) is 28.3 Å². The average molecular weight is 468 g/mol. The van der Waals surface area contributed by atoms with Crippen molar-refractivity contribution < 1.29 is 21.6 Å². The quantitative estimate of drug-likeness (QED) is 0.534. The number of halogens is 3. The Morgan fingerprint density at radius 3 is 2.42 bits per heavy atom. The number of rotatable bonds is 8. The minimum atomic E-state index is -4.25. The zero-order valence-corrected chi connectivity index (χ0v) is 18.1. The van der Waals surface area contributed by atoms with Crippen LogP contribution in [-0.4, -0.2) is 31.4 Å². The molecule has 1 aromatic heterocycles. The fourth-order valence-corrected chi connectivity index (χ4v) is 5.46. The Morgan fingerprint density at radius 2 is 1.81 bits per heavy atom. The van der Waals surface area contributed by atoms with Gasteiger partial charge in [-0.2, -0.15) is 0 Å². The number of aromatic nitrogens is 1. The van der Waals surface area contributed by atoms with Gasteiger partial charge in [-0.15, -0.1) is 11.3 Å². The van der Waals surface area contributed by atoms with E-state index in [1.54, 1.807) is 12.1 Å². The predicted molar refractivity (Wildman–Crippen MR) is 113 cm³/mol. The van der Waals surface area contributed by atoms with Crippen molar-refractivity contribution in [3.8, 4) is 0 Å². The van der Waals surface area contributed by atoms with E-state index in [2.05, 4.69) is 15.2 Å². The van der Waals surface area contributed by atoms with Crippen LogP contribution in [0.5, 0.6) is 0 Å². The molecule has 2 heterocycles. The molecule has 0 spiro atoms. The number of anilines is 1. The number of sulfone groups is 1. The molecule has 4 rings (SSSR count). The van der Waals surface area contributed by atoms with E-state index in [4.69, 9.17) is 0 Å². The predicted octanol–water partition coefficient (Wildman–Crippen LogP) is 4.35. The monoisotopic (exact) mass is 467 g/mol. The maximum absolute atomic E-state index is 14.5. The summed E-state index contributed by atoms with van der Waals surface area (Å²) >= 11 is 1.19. The molecule has 0 saturated carbocycles. The fraction of sp³-hybridized carbons (Fsp3) is 0.286. The Kier molecular flexibility index (Phi) is 6.31. The minimum absolute atomic E-state index is 0.00345. The summed E-state index contributed by atoms with van der Waals surface area (Å²) in [5.74, 6) is -3.43. The number of hydrogen-bond donors (Lipinski definition) is 1. The Hall–Kier alpha value is -2.43. The van der Waals surface area contributed by atoms with Crippen molar-refractivity contribution in [3.63, 3.8) is 0 Å². The Labute approximate surface area is 182 Å². The zero-order chi connectivity index (χ0) is 22.0. The number of nitrogens with one attached hydrogen (secondary N) is 1. The molecule has 1 aliphatic rings. The summed E-state index contributed by atoms with van der Waals surface area (Å²) in [6.07, 6.45) is 1.15. The lowest BCUT2D eigenvalue weighted by Gasteiger charge is -2.30. The second kappa shape index (κ2) is 8.97. The lowest BCUT2D eigenvalue weighted by molar-refractivity contribution is 0.172. The number of hydrogen-bond acceptors (Lipinski definition) is 6. The van der Waals surface area contributed by atoms with Crippen molar-refractivity contribution in [2.24, 2.45) is 0 Å². The van der Waals surface area contributed by atoms with E-state index in [1.807, 2.05) is 0 Å². The van der Waals surface area contributed by atoms with Crippen LogP contribution < -0.4 is 5.32 Å². The number of thiazole rings is 1. The molecule has 0 atom stereocenters. The SMILES string of the molecule is O=S(=O)(Cc1cscn1)c1c(F)cc(NCc2cc(CN3CCC3)ccc2F)cc1F. The third-order valence-electron chi connectivity index (χ3n) is 5.08. The second-order valence-electron chi connectivity index (χ2n) is 7.42. The van der Waals surface area contributed by atoms with Gasteiger partial charge in [0, 0.05) is 29.7 Å². The molecular formula is C21H20F3N3O2S2. The number of benzene rings is 2. The van der Waals surface area contributed by atoms with E-state index in [0.717, 1.165) is 43.8 Å². The fourth-order valence-electron chi connectivity index (χ4n) is 3.39. The molecule has 0 bridgehead atoms. The molecule has 0 radical (unpaired) electrons. The standard InChI is InChI=1S/C21H20F3N3O2S2/c22-18-3-2-14(10-27-4-1-5-27)6-15(18)9-25-16-7-19(23)21(20(24)8-16)31(28,29)12-17-11-30-13-26-17/h2-3,6-8,11,13,25H,1,4-5,9-10,12H2. The van der Waals surface area contributed by atoms with Crippen molar-refractivity contribution in [2.45, 2.75) is 30.2 Å². The van der Waals surface area contributed by atoms with Crippen LogP contribution in [0.3, 0.4) is 0 Å². The average Bonchev–Trinajstić information content (AvgIpc) is 3.16. The first-order chi connectivity index (χ1) is 14.8. The third kappa shape index (κ3) is 5.08. The van der Waals surface area contributed by atoms with Gasteiger partial charge in [0.15, 0.2) is 9.84 Å². The lowest BCUT2D eigenvalue weighted by Crippen LogP contribution is -2.36. The third-order valence-corrected chi connectivity index (χ3v) is 7.40. The summed E-state index contributed by atoms with van der Waals surface area (Å²) in [7, 11) is -4.25. The maximum atomic E-state index is 14.5. The van der Waals surface area contributed by atoms with Crippen molar-refractivity contribution >= 4 is 26.9 Å². The number of nitrogens with zero attached hydrogens (tertiary/aromatic N) is 2. The highest BCUT2D eigenvalue weighted by atomic mass is 32.2. The van der Waals surface area contributed by atoms with Crippen LogP contribution in [0.25, 0.3) is 0 Å². The van der Waals surface area contributed by atoms with Gasteiger partial charge in [0.1, 0.15) is 22.3 Å². The summed E-state index contributed by atoms with van der Waals surface area (Å²) in [6, 6.07) is 6.62. The first-order valence-electron chi connectivity index (χ1n) is 9.64. The molecule has 1 saturated heterocycles. The van der Waals surface area contributed by atoms with Gasteiger partial charge in [-0.25, -0.2) is 26.6 Å². The Morgan fingerprint density at radius 1 is 1.06 bits per heavy atom. The lowest BCUT2D eigenvalue weighted by atomic mass is 10.1. The molecule has 2 aromatic carbocycles. The first kappa shape index (κ1) is 21.8. The molecular weight excluding hydrogens is 447 g/mol. The van der Waals surface area contributed by atoms with Crippen molar-refractivity contribution in [1.82, 2.24) is 9.88 Å². The van der Waals surface area contributed by atoms with Crippen LogP contribution in [0.4, 0.5) is 18.9 Å². The van der Waals surface area contributed by atoms with E-state index in [-0.39, 0.29) is 17.9 Å². The molecule has 5 nitrogen and oxygen atoms in total. The maximum Gasteiger partial charge on any atom is 0.189 e. The molecule has 1 fully saturated rings. The van der Waals surface area contributed by atoms with Crippen LogP contribution in [0, 0.1) is 17.5 Å². The molecule has 0 unspecified atom stereocenters. The normalized spacial score (nSPS) is 14.4. The molecule has 0 aliphatic carbocycles. The van der Waals surface area contributed by atoms with Crippen LogP contribution in [0.2, 0.25) is 0 Å². The van der Waals surface area contributed by atoms with Crippen molar-refractivity contribution in [3.05, 3.63) is 75.5 Å². The molecule has 0 amide bonds. The highest BCUT2D eigenvalue weighted by Crippen LogP contribution is 2.27. The highest BCUT2D eigenvalue weighted by molar-refractivity contribution is 7.90. The van der Waals surface area contributed by atoms with Gasteiger partial charge in [0.05, 0.1) is 17.0 Å². The van der Waals surface area contributed by atoms with Gasteiger partial charge in [0.25, 0.3) is 0 Å². The summed E-state index contributed by atoms with van der Waals surface area (Å²) < 4.78 is 68.1. The van der Waals surface area contributed by atoms with Crippen molar-refractivity contribution in [2.75, 3.05) is 18.4 Å². The second-order valence-corrected chi connectivity index (χ2v) is 10.1. The van der Waals surface area contributed by atoms with Crippen LogP contribution in [0.15, 0.2) is 46.1 Å². The van der Waals surface area contributed by atoms with Gasteiger partial charge < -0.3 is 5.32 Å². The molecule has 1 N–H and O–H groups in total. The van der Waals surface area contributed by atoms with E-state index in [9.17, 15) is 21.6 Å². The molecule has 31 heavy (non-hydrogen) atoms. The summed E-state index contributed by atoms with van der Waals surface area (Å²) in [5.41, 5.74) is 3.01. The van der Waals surface area contributed by atoms with Gasteiger partial charge in [0.2, 0.25) is 0 Å². The Balaban J connectivity index is 1.49. The summed E-state index contributed by atoms with van der Waals surface area (Å²) in [6.45, 7) is 2.76. The van der Waals surface area contributed by atoms with Crippen LogP contribution >= 0.6 is 11.3 Å². The number of likely N-dealkylation sites (tertiary alicyclic amines) is 1. The molecule has 3 aromatic rings. The zero-order valence-electron chi connectivity index (χ0n) is 16.4. The van der Waals surface area contributed by atoms with E-state index < -0.39 is 37.9 Å². The largest absolute Gasteiger partial charge is 0.381 e.